The van der Waals surface area contributed by atoms with Crippen LogP contribution in [0.1, 0.15) is 19.8 Å². The maximum absolute atomic E-state index is 13.1. The van der Waals surface area contributed by atoms with Crippen LogP contribution in [0.5, 0.6) is 5.75 Å². The van der Waals surface area contributed by atoms with E-state index in [2.05, 4.69) is 10.6 Å². The van der Waals surface area contributed by atoms with Crippen LogP contribution in [0.2, 0.25) is 0 Å². The largest absolute Gasteiger partial charge is 0.492 e. The lowest BCUT2D eigenvalue weighted by Gasteiger charge is -2.23. The molecule has 0 amide bonds. The Labute approximate surface area is 108 Å². The first kappa shape index (κ1) is 13.1. The lowest BCUT2D eigenvalue weighted by molar-refractivity contribution is 0.339. The van der Waals surface area contributed by atoms with E-state index in [0.717, 1.165) is 25.3 Å². The molecule has 0 radical (unpaired) electrons. The minimum atomic E-state index is -0.258. The molecule has 0 atom stereocenters. The van der Waals surface area contributed by atoms with E-state index in [9.17, 15) is 4.39 Å². The van der Waals surface area contributed by atoms with Crippen molar-refractivity contribution in [2.24, 2.45) is 5.92 Å². The van der Waals surface area contributed by atoms with Crippen LogP contribution < -0.4 is 15.4 Å². The fourth-order valence-electron chi connectivity index (χ4n) is 2.26. The standard InChI is InChI=1S/C14H21FN2O/c1-2-18-14-9-12(15)3-4-13(14)17-10-11-5-7-16-8-6-11/h3-4,9,11,16-17H,2,5-8,10H2,1H3. The number of hydrogen-bond donors (Lipinski definition) is 2. The molecule has 1 aliphatic heterocycles. The molecule has 3 nitrogen and oxygen atoms in total. The predicted molar refractivity (Wildman–Crippen MR) is 71.7 cm³/mol. The maximum atomic E-state index is 13.1. The Hall–Kier alpha value is -1.29. The summed E-state index contributed by atoms with van der Waals surface area (Å²) in [6.45, 7) is 5.56. The summed E-state index contributed by atoms with van der Waals surface area (Å²) >= 11 is 0. The minimum absolute atomic E-state index is 0.258. The number of halogens is 1. The second-order valence-electron chi connectivity index (χ2n) is 4.65. The molecule has 0 spiro atoms. The van der Waals surface area contributed by atoms with Crippen LogP contribution in [0, 0.1) is 11.7 Å². The number of piperidine rings is 1. The highest BCUT2D eigenvalue weighted by Crippen LogP contribution is 2.26. The molecule has 0 aromatic heterocycles. The van der Waals surface area contributed by atoms with E-state index in [4.69, 9.17) is 4.74 Å². The van der Waals surface area contributed by atoms with Crippen molar-refractivity contribution in [1.29, 1.82) is 0 Å². The number of nitrogens with one attached hydrogen (secondary N) is 2. The van der Waals surface area contributed by atoms with Gasteiger partial charge in [0.2, 0.25) is 0 Å². The van der Waals surface area contributed by atoms with E-state index in [-0.39, 0.29) is 5.82 Å². The van der Waals surface area contributed by atoms with Gasteiger partial charge in [-0.25, -0.2) is 4.39 Å². The Morgan fingerprint density at radius 1 is 1.39 bits per heavy atom. The van der Waals surface area contributed by atoms with Gasteiger partial charge in [0.15, 0.2) is 0 Å². The van der Waals surface area contributed by atoms with Gasteiger partial charge in [-0.05, 0) is 50.9 Å². The predicted octanol–water partition coefficient (Wildman–Crippen LogP) is 2.64. The third-order valence-corrected chi connectivity index (χ3v) is 3.28. The zero-order chi connectivity index (χ0) is 12.8. The smallest absolute Gasteiger partial charge is 0.145 e. The van der Waals surface area contributed by atoms with Gasteiger partial charge in [-0.15, -0.1) is 0 Å². The van der Waals surface area contributed by atoms with E-state index in [1.807, 2.05) is 6.92 Å². The SMILES string of the molecule is CCOc1cc(F)ccc1NCC1CCNCC1. The van der Waals surface area contributed by atoms with E-state index in [0.29, 0.717) is 18.3 Å². The molecule has 0 unspecified atom stereocenters. The summed E-state index contributed by atoms with van der Waals surface area (Å²) < 4.78 is 18.6. The first-order valence-corrected chi connectivity index (χ1v) is 6.66. The van der Waals surface area contributed by atoms with Crippen molar-refractivity contribution in [3.8, 4) is 5.75 Å². The summed E-state index contributed by atoms with van der Waals surface area (Å²) in [5.74, 6) is 1.03. The van der Waals surface area contributed by atoms with E-state index in [1.165, 1.54) is 25.0 Å². The van der Waals surface area contributed by atoms with Gasteiger partial charge in [-0.2, -0.15) is 0 Å². The summed E-state index contributed by atoms with van der Waals surface area (Å²) in [6.07, 6.45) is 2.39. The zero-order valence-electron chi connectivity index (χ0n) is 10.8. The summed E-state index contributed by atoms with van der Waals surface area (Å²) in [7, 11) is 0. The highest BCUT2D eigenvalue weighted by atomic mass is 19.1. The fraction of sp³-hybridized carbons (Fsp3) is 0.571. The molecule has 1 aromatic rings. The molecule has 1 fully saturated rings. The van der Waals surface area contributed by atoms with Crippen LogP contribution in [-0.4, -0.2) is 26.2 Å². The summed E-state index contributed by atoms with van der Waals surface area (Å²) in [6, 6.07) is 4.66. The summed E-state index contributed by atoms with van der Waals surface area (Å²) in [5.41, 5.74) is 0.886. The average molecular weight is 252 g/mol. The Kier molecular flexibility index (Phi) is 4.81. The molecule has 1 saturated heterocycles. The molecule has 1 heterocycles. The van der Waals surface area contributed by atoms with E-state index in [1.54, 1.807) is 6.07 Å². The van der Waals surface area contributed by atoms with Gasteiger partial charge >= 0.3 is 0 Å². The van der Waals surface area contributed by atoms with Crippen LogP contribution in [0.3, 0.4) is 0 Å². The van der Waals surface area contributed by atoms with Gasteiger partial charge in [-0.3, -0.25) is 0 Å². The van der Waals surface area contributed by atoms with Gasteiger partial charge in [0.25, 0.3) is 0 Å². The normalized spacial score (nSPS) is 16.6. The first-order valence-electron chi connectivity index (χ1n) is 6.66. The number of ether oxygens (including phenoxy) is 1. The topological polar surface area (TPSA) is 33.3 Å². The number of anilines is 1. The van der Waals surface area contributed by atoms with Gasteiger partial charge in [0.1, 0.15) is 11.6 Å². The van der Waals surface area contributed by atoms with Crippen molar-refractivity contribution >= 4 is 5.69 Å². The monoisotopic (exact) mass is 252 g/mol. The van der Waals surface area contributed by atoms with E-state index < -0.39 is 0 Å². The molecule has 4 heteroatoms. The van der Waals surface area contributed by atoms with Crippen molar-refractivity contribution in [3.05, 3.63) is 24.0 Å². The highest BCUT2D eigenvalue weighted by Gasteiger charge is 2.13. The molecule has 0 aliphatic carbocycles. The quantitative estimate of drug-likeness (QED) is 0.845. The molecule has 1 aliphatic rings. The first-order chi connectivity index (χ1) is 8.79. The Morgan fingerprint density at radius 2 is 2.17 bits per heavy atom. The lowest BCUT2D eigenvalue weighted by atomic mass is 9.98. The molecule has 2 rings (SSSR count). The molecule has 1 aromatic carbocycles. The van der Waals surface area contributed by atoms with Crippen molar-refractivity contribution in [2.75, 3.05) is 31.6 Å². The molecule has 0 bridgehead atoms. The van der Waals surface area contributed by atoms with Gasteiger partial charge in [-0.1, -0.05) is 0 Å². The van der Waals surface area contributed by atoms with Crippen molar-refractivity contribution in [3.63, 3.8) is 0 Å². The molecular weight excluding hydrogens is 231 g/mol. The summed E-state index contributed by atoms with van der Waals surface area (Å²) in [4.78, 5) is 0. The molecule has 0 saturated carbocycles. The number of hydrogen-bond acceptors (Lipinski definition) is 3. The van der Waals surface area contributed by atoms with Crippen LogP contribution in [0.25, 0.3) is 0 Å². The summed E-state index contributed by atoms with van der Waals surface area (Å²) in [5, 5.41) is 6.73. The Morgan fingerprint density at radius 3 is 2.89 bits per heavy atom. The molecule has 18 heavy (non-hydrogen) atoms. The van der Waals surface area contributed by atoms with Crippen LogP contribution in [0.4, 0.5) is 10.1 Å². The maximum Gasteiger partial charge on any atom is 0.145 e. The molecule has 2 N–H and O–H groups in total. The van der Waals surface area contributed by atoms with E-state index >= 15 is 0 Å². The number of benzene rings is 1. The zero-order valence-corrected chi connectivity index (χ0v) is 10.8. The second kappa shape index (κ2) is 6.59. The highest BCUT2D eigenvalue weighted by molar-refractivity contribution is 5.56. The van der Waals surface area contributed by atoms with Crippen LogP contribution in [-0.2, 0) is 0 Å². The van der Waals surface area contributed by atoms with Gasteiger partial charge < -0.3 is 15.4 Å². The third kappa shape index (κ3) is 3.60. The molecule has 100 valence electrons. The van der Waals surface area contributed by atoms with Crippen molar-refractivity contribution < 1.29 is 9.13 Å². The Balaban J connectivity index is 1.94. The number of rotatable bonds is 5. The van der Waals surface area contributed by atoms with Gasteiger partial charge in [0.05, 0.1) is 12.3 Å². The third-order valence-electron chi connectivity index (χ3n) is 3.28. The van der Waals surface area contributed by atoms with Crippen LogP contribution >= 0.6 is 0 Å². The fourth-order valence-corrected chi connectivity index (χ4v) is 2.26. The van der Waals surface area contributed by atoms with Crippen molar-refractivity contribution in [1.82, 2.24) is 5.32 Å². The molecular formula is C14H21FN2O. The lowest BCUT2D eigenvalue weighted by Crippen LogP contribution is -2.31. The van der Waals surface area contributed by atoms with Crippen molar-refractivity contribution in [2.45, 2.75) is 19.8 Å². The van der Waals surface area contributed by atoms with Gasteiger partial charge in [0, 0.05) is 12.6 Å². The Bertz CT molecular complexity index is 378. The minimum Gasteiger partial charge on any atom is -0.492 e. The van der Waals surface area contributed by atoms with Crippen LogP contribution in [0.15, 0.2) is 18.2 Å². The second-order valence-corrected chi connectivity index (χ2v) is 4.65. The average Bonchev–Trinajstić information content (AvgIpc) is 2.39.